The molecule has 2 aromatic heterocycles. The lowest BCUT2D eigenvalue weighted by Gasteiger charge is -2.22. The monoisotopic (exact) mass is 445 g/mol. The molecule has 0 saturated carbocycles. The number of benzene rings is 1. The van der Waals surface area contributed by atoms with E-state index in [9.17, 15) is 18.8 Å². The second kappa shape index (κ2) is 9.98. The maximum Gasteiger partial charge on any atom is 0.312 e. The predicted octanol–water partition coefficient (Wildman–Crippen LogP) is 2.84. The maximum atomic E-state index is 13.2. The lowest BCUT2D eigenvalue weighted by Crippen LogP contribution is -2.37. The first kappa shape index (κ1) is 22.2. The van der Waals surface area contributed by atoms with Crippen molar-refractivity contribution in [1.82, 2.24) is 4.98 Å². The topological polar surface area (TPSA) is 116 Å². The van der Waals surface area contributed by atoms with Gasteiger partial charge in [-0.2, -0.15) is 0 Å². The molecule has 0 unspecified atom stereocenters. The minimum absolute atomic E-state index is 0.0239. The number of oxazole rings is 1. The second-order valence-corrected chi connectivity index (χ2v) is 7.52. The molecule has 1 aromatic carbocycles. The van der Waals surface area contributed by atoms with Crippen LogP contribution >= 0.6 is 11.3 Å². The maximum absolute atomic E-state index is 13.2. The number of amides is 2. The molecule has 10 heteroatoms. The van der Waals surface area contributed by atoms with E-state index < -0.39 is 30.2 Å². The molecule has 0 radical (unpaired) electrons. The third-order valence-electron chi connectivity index (χ3n) is 4.31. The van der Waals surface area contributed by atoms with Crippen LogP contribution in [0.5, 0.6) is 0 Å². The van der Waals surface area contributed by atoms with Crippen LogP contribution in [-0.4, -0.2) is 35.9 Å². The number of esters is 1. The molecule has 0 spiro atoms. The molecule has 0 saturated heterocycles. The summed E-state index contributed by atoms with van der Waals surface area (Å²) in [7, 11) is 0. The zero-order valence-electron chi connectivity index (χ0n) is 16.7. The second-order valence-electron chi connectivity index (χ2n) is 6.57. The number of nitrogens with two attached hydrogens (primary N) is 1. The van der Waals surface area contributed by atoms with E-state index in [1.165, 1.54) is 40.5 Å². The molecule has 3 aromatic rings. The number of rotatable bonds is 9. The van der Waals surface area contributed by atoms with E-state index in [-0.39, 0.29) is 19.4 Å². The van der Waals surface area contributed by atoms with Gasteiger partial charge in [0.05, 0.1) is 17.0 Å². The molecule has 0 aliphatic carbocycles. The first-order chi connectivity index (χ1) is 14.8. The van der Waals surface area contributed by atoms with Crippen LogP contribution in [0.3, 0.4) is 0 Å². The Morgan fingerprint density at radius 3 is 2.61 bits per heavy atom. The van der Waals surface area contributed by atoms with Crippen molar-refractivity contribution in [2.24, 2.45) is 5.73 Å². The molecule has 0 aliphatic heterocycles. The fourth-order valence-corrected chi connectivity index (χ4v) is 3.40. The molecule has 8 nitrogen and oxygen atoms in total. The van der Waals surface area contributed by atoms with Crippen LogP contribution in [0.15, 0.2) is 46.2 Å². The van der Waals surface area contributed by atoms with Gasteiger partial charge in [-0.1, -0.05) is 6.07 Å². The van der Waals surface area contributed by atoms with E-state index in [2.05, 4.69) is 4.98 Å². The zero-order chi connectivity index (χ0) is 22.4. The number of thiophene rings is 1. The Labute approximate surface area is 181 Å². The Morgan fingerprint density at radius 1 is 1.23 bits per heavy atom. The molecule has 3 rings (SSSR count). The van der Waals surface area contributed by atoms with E-state index in [1.54, 1.807) is 6.92 Å². The third-order valence-corrected chi connectivity index (χ3v) is 5.17. The number of aromatic nitrogens is 1. The summed E-state index contributed by atoms with van der Waals surface area (Å²) < 4.78 is 23.9. The SMILES string of the molecule is Cc1oc(-c2cccs2)nc1CC(=O)OCC(=O)N(CCC(N)=O)c1ccc(F)cc1. The highest BCUT2D eigenvalue weighted by Gasteiger charge is 2.20. The van der Waals surface area contributed by atoms with Crippen LogP contribution in [0.25, 0.3) is 10.8 Å². The van der Waals surface area contributed by atoms with Crippen molar-refractivity contribution in [2.75, 3.05) is 18.1 Å². The molecule has 2 amide bonds. The van der Waals surface area contributed by atoms with Gasteiger partial charge in [-0.25, -0.2) is 9.37 Å². The molecule has 0 bridgehead atoms. The van der Waals surface area contributed by atoms with Crippen LogP contribution in [-0.2, 0) is 25.5 Å². The van der Waals surface area contributed by atoms with Gasteiger partial charge in [-0.05, 0) is 42.6 Å². The fourth-order valence-electron chi connectivity index (χ4n) is 2.75. The number of nitrogens with zero attached hydrogens (tertiary/aromatic N) is 2. The van der Waals surface area contributed by atoms with Crippen molar-refractivity contribution in [3.05, 3.63) is 59.0 Å². The summed E-state index contributed by atoms with van der Waals surface area (Å²) in [6.45, 7) is 1.12. The predicted molar refractivity (Wildman–Crippen MR) is 112 cm³/mol. The van der Waals surface area contributed by atoms with Gasteiger partial charge in [0.25, 0.3) is 5.91 Å². The molecule has 0 aliphatic rings. The Balaban J connectivity index is 1.61. The van der Waals surface area contributed by atoms with Crippen molar-refractivity contribution < 1.29 is 27.9 Å². The number of carbonyl (C=O) groups is 3. The lowest BCUT2D eigenvalue weighted by atomic mass is 10.2. The van der Waals surface area contributed by atoms with Crippen LogP contribution in [0.2, 0.25) is 0 Å². The minimum atomic E-state index is -0.656. The van der Waals surface area contributed by atoms with E-state index in [0.29, 0.717) is 23.0 Å². The van der Waals surface area contributed by atoms with Gasteiger partial charge < -0.3 is 19.8 Å². The summed E-state index contributed by atoms with van der Waals surface area (Å²) in [5.41, 5.74) is 5.94. The summed E-state index contributed by atoms with van der Waals surface area (Å²) >= 11 is 1.46. The first-order valence-electron chi connectivity index (χ1n) is 9.33. The van der Waals surface area contributed by atoms with E-state index >= 15 is 0 Å². The number of anilines is 1. The summed E-state index contributed by atoms with van der Waals surface area (Å²) in [6.07, 6.45) is -0.257. The summed E-state index contributed by atoms with van der Waals surface area (Å²) in [5, 5.41) is 1.89. The normalized spacial score (nSPS) is 10.6. The quantitative estimate of drug-likeness (QED) is 0.507. The molecule has 162 valence electrons. The lowest BCUT2D eigenvalue weighted by molar-refractivity contribution is -0.147. The average molecular weight is 445 g/mol. The van der Waals surface area contributed by atoms with E-state index in [4.69, 9.17) is 14.9 Å². The van der Waals surface area contributed by atoms with Gasteiger partial charge in [0.2, 0.25) is 11.8 Å². The van der Waals surface area contributed by atoms with Crippen LogP contribution in [0, 0.1) is 12.7 Å². The van der Waals surface area contributed by atoms with Gasteiger partial charge in [-0.15, -0.1) is 11.3 Å². The summed E-state index contributed by atoms with van der Waals surface area (Å²) in [5.74, 6) is -1.39. The standard InChI is InChI=1S/C21H20FN3O5S/c1-13-16(24-21(30-13)17-3-2-10-31-17)11-20(28)29-12-19(27)25(9-8-18(23)26)15-6-4-14(22)5-7-15/h2-7,10H,8-9,11-12H2,1H3,(H2,23,26). The minimum Gasteiger partial charge on any atom is -0.455 e. The Hall–Kier alpha value is -3.53. The molecule has 2 heterocycles. The first-order valence-corrected chi connectivity index (χ1v) is 10.2. The van der Waals surface area contributed by atoms with Crippen molar-refractivity contribution in [3.8, 4) is 10.8 Å². The number of ether oxygens (including phenoxy) is 1. The van der Waals surface area contributed by atoms with Crippen LogP contribution in [0.1, 0.15) is 17.9 Å². The van der Waals surface area contributed by atoms with Gasteiger partial charge in [0.15, 0.2) is 6.61 Å². The number of hydrogen-bond acceptors (Lipinski definition) is 7. The fraction of sp³-hybridized carbons (Fsp3) is 0.238. The van der Waals surface area contributed by atoms with Crippen molar-refractivity contribution in [3.63, 3.8) is 0 Å². The van der Waals surface area contributed by atoms with Gasteiger partial charge in [0, 0.05) is 18.7 Å². The number of aryl methyl sites for hydroxylation is 1. The van der Waals surface area contributed by atoms with Crippen molar-refractivity contribution in [1.29, 1.82) is 0 Å². The zero-order valence-corrected chi connectivity index (χ0v) is 17.5. The molecule has 31 heavy (non-hydrogen) atoms. The van der Waals surface area contributed by atoms with Crippen molar-refractivity contribution in [2.45, 2.75) is 19.8 Å². The third kappa shape index (κ3) is 5.98. The highest BCUT2D eigenvalue weighted by molar-refractivity contribution is 7.13. The Bertz CT molecular complexity index is 1060. The molecular formula is C21H20FN3O5S. The molecule has 2 N–H and O–H groups in total. The van der Waals surface area contributed by atoms with Crippen molar-refractivity contribution >= 4 is 34.8 Å². The largest absolute Gasteiger partial charge is 0.455 e. The number of primary amides is 1. The van der Waals surface area contributed by atoms with E-state index in [1.807, 2.05) is 17.5 Å². The smallest absolute Gasteiger partial charge is 0.312 e. The summed E-state index contributed by atoms with van der Waals surface area (Å²) in [6, 6.07) is 8.87. The molecule has 0 fully saturated rings. The number of carbonyl (C=O) groups excluding carboxylic acids is 3. The van der Waals surface area contributed by atoms with Crippen LogP contribution in [0.4, 0.5) is 10.1 Å². The Morgan fingerprint density at radius 2 is 1.97 bits per heavy atom. The summed E-state index contributed by atoms with van der Waals surface area (Å²) in [4.78, 5) is 42.3. The van der Waals surface area contributed by atoms with Gasteiger partial charge in [0.1, 0.15) is 11.6 Å². The Kier molecular flexibility index (Phi) is 7.14. The highest BCUT2D eigenvalue weighted by atomic mass is 32.1. The average Bonchev–Trinajstić information content (AvgIpc) is 3.38. The number of halogens is 1. The molecular weight excluding hydrogens is 425 g/mol. The molecule has 0 atom stereocenters. The van der Waals surface area contributed by atoms with Crippen LogP contribution < -0.4 is 10.6 Å². The number of hydrogen-bond donors (Lipinski definition) is 1. The highest BCUT2D eigenvalue weighted by Crippen LogP contribution is 2.26. The van der Waals surface area contributed by atoms with E-state index in [0.717, 1.165) is 4.88 Å². The van der Waals surface area contributed by atoms with Gasteiger partial charge in [-0.3, -0.25) is 14.4 Å². The van der Waals surface area contributed by atoms with Gasteiger partial charge >= 0.3 is 5.97 Å².